The van der Waals surface area contributed by atoms with Gasteiger partial charge in [0.2, 0.25) is 0 Å². The molecule has 4 nitrogen and oxygen atoms in total. The number of oxazole rings is 2. The standard InChI is InChI=1S/C19H20N2O2S/c1-3-4-5-6-11-24-19-21-16-10-8-13-14(18(16)23-19)7-9-15-17(13)22-12(2)20-15/h7-10H,3-6,11H2,1-2H3. The van der Waals surface area contributed by atoms with Crippen LogP contribution in [0.5, 0.6) is 0 Å². The molecule has 0 N–H and O–H groups in total. The van der Waals surface area contributed by atoms with E-state index in [1.165, 1.54) is 25.7 Å². The van der Waals surface area contributed by atoms with Crippen molar-refractivity contribution >= 4 is 44.7 Å². The van der Waals surface area contributed by atoms with Gasteiger partial charge in [-0.05, 0) is 30.7 Å². The predicted molar refractivity (Wildman–Crippen MR) is 98.7 cm³/mol. The first-order valence-corrected chi connectivity index (χ1v) is 9.47. The molecule has 2 aromatic carbocycles. The summed E-state index contributed by atoms with van der Waals surface area (Å²) in [6.07, 6.45) is 5.03. The smallest absolute Gasteiger partial charge is 0.256 e. The molecule has 0 bridgehead atoms. The van der Waals surface area contributed by atoms with Crippen molar-refractivity contribution in [3.05, 3.63) is 30.2 Å². The predicted octanol–water partition coefficient (Wildman–Crippen LogP) is 6.10. The minimum Gasteiger partial charge on any atom is -0.440 e. The van der Waals surface area contributed by atoms with E-state index in [1.54, 1.807) is 11.8 Å². The Bertz CT molecular complexity index is 1000. The van der Waals surface area contributed by atoms with Gasteiger partial charge in [0, 0.05) is 23.4 Å². The van der Waals surface area contributed by atoms with Crippen LogP contribution in [0.1, 0.15) is 38.5 Å². The quantitative estimate of drug-likeness (QED) is 0.313. The van der Waals surface area contributed by atoms with E-state index in [-0.39, 0.29) is 0 Å². The third-order valence-corrected chi connectivity index (χ3v) is 5.13. The van der Waals surface area contributed by atoms with Crippen molar-refractivity contribution in [2.24, 2.45) is 0 Å². The molecule has 4 rings (SSSR count). The molecule has 0 saturated heterocycles. The van der Waals surface area contributed by atoms with E-state index in [1.807, 2.05) is 31.2 Å². The Kier molecular flexibility index (Phi) is 4.19. The molecule has 0 aliphatic rings. The van der Waals surface area contributed by atoms with Crippen LogP contribution in [0, 0.1) is 6.92 Å². The van der Waals surface area contributed by atoms with Crippen LogP contribution < -0.4 is 0 Å². The van der Waals surface area contributed by atoms with Gasteiger partial charge in [0.15, 0.2) is 17.1 Å². The molecule has 0 aliphatic heterocycles. The van der Waals surface area contributed by atoms with Gasteiger partial charge in [-0.3, -0.25) is 0 Å². The van der Waals surface area contributed by atoms with E-state index in [0.29, 0.717) is 5.89 Å². The van der Waals surface area contributed by atoms with Crippen molar-refractivity contribution in [2.75, 3.05) is 5.75 Å². The first kappa shape index (κ1) is 15.5. The lowest BCUT2D eigenvalue weighted by Crippen LogP contribution is -1.80. The van der Waals surface area contributed by atoms with Gasteiger partial charge in [-0.2, -0.15) is 0 Å². The summed E-state index contributed by atoms with van der Waals surface area (Å²) >= 11 is 1.70. The van der Waals surface area contributed by atoms with Crippen LogP contribution in [0.25, 0.3) is 33.0 Å². The summed E-state index contributed by atoms with van der Waals surface area (Å²) in [5.41, 5.74) is 3.43. The highest BCUT2D eigenvalue weighted by Gasteiger charge is 2.14. The highest BCUT2D eigenvalue weighted by atomic mass is 32.2. The molecule has 0 amide bonds. The number of hydrogen-bond donors (Lipinski definition) is 0. The fraction of sp³-hybridized carbons (Fsp3) is 0.368. The van der Waals surface area contributed by atoms with Crippen molar-refractivity contribution < 1.29 is 8.83 Å². The molecule has 0 atom stereocenters. The van der Waals surface area contributed by atoms with Gasteiger partial charge < -0.3 is 8.83 Å². The Hall–Kier alpha value is -2.01. The summed E-state index contributed by atoms with van der Waals surface area (Å²) in [7, 11) is 0. The van der Waals surface area contributed by atoms with E-state index < -0.39 is 0 Å². The Labute approximate surface area is 144 Å². The maximum atomic E-state index is 6.03. The molecule has 5 heteroatoms. The summed E-state index contributed by atoms with van der Waals surface area (Å²) in [4.78, 5) is 9.01. The monoisotopic (exact) mass is 340 g/mol. The van der Waals surface area contributed by atoms with Gasteiger partial charge in [0.25, 0.3) is 5.22 Å². The first-order chi connectivity index (χ1) is 11.8. The minimum absolute atomic E-state index is 0.679. The second-order valence-corrected chi connectivity index (χ2v) is 7.09. The minimum atomic E-state index is 0.679. The Balaban J connectivity index is 1.68. The number of hydrogen-bond acceptors (Lipinski definition) is 5. The SMILES string of the molecule is CCCCCCSc1nc2ccc3c(ccc4nc(C)oc43)c2o1. The lowest BCUT2D eigenvalue weighted by atomic mass is 10.1. The average Bonchev–Trinajstić information content (AvgIpc) is 3.16. The van der Waals surface area contributed by atoms with Crippen molar-refractivity contribution in [1.82, 2.24) is 9.97 Å². The zero-order valence-electron chi connectivity index (χ0n) is 14.0. The summed E-state index contributed by atoms with van der Waals surface area (Å²) in [6.45, 7) is 4.10. The molecule has 2 heterocycles. The molecule has 0 spiro atoms. The zero-order valence-corrected chi connectivity index (χ0v) is 14.8. The molecule has 24 heavy (non-hydrogen) atoms. The van der Waals surface area contributed by atoms with Crippen LogP contribution in [0.2, 0.25) is 0 Å². The molecule has 124 valence electrons. The highest BCUT2D eigenvalue weighted by molar-refractivity contribution is 7.99. The summed E-state index contributed by atoms with van der Waals surface area (Å²) < 4.78 is 11.8. The zero-order chi connectivity index (χ0) is 16.5. The van der Waals surface area contributed by atoms with Gasteiger partial charge in [0.1, 0.15) is 11.0 Å². The maximum absolute atomic E-state index is 6.03. The van der Waals surface area contributed by atoms with E-state index in [9.17, 15) is 0 Å². The lowest BCUT2D eigenvalue weighted by Gasteiger charge is -1.98. The largest absolute Gasteiger partial charge is 0.440 e. The number of nitrogens with zero attached hydrogens (tertiary/aromatic N) is 2. The number of fused-ring (bicyclic) bond motifs is 5. The van der Waals surface area contributed by atoms with Crippen molar-refractivity contribution in [1.29, 1.82) is 0 Å². The van der Waals surface area contributed by atoms with Crippen LogP contribution in [-0.2, 0) is 0 Å². The molecule has 0 saturated carbocycles. The number of aryl methyl sites for hydroxylation is 1. The molecule has 0 fully saturated rings. The van der Waals surface area contributed by atoms with Crippen LogP contribution in [-0.4, -0.2) is 15.7 Å². The fourth-order valence-electron chi connectivity index (χ4n) is 3.02. The van der Waals surface area contributed by atoms with Crippen molar-refractivity contribution in [2.45, 2.75) is 44.8 Å². The Morgan fingerprint density at radius 1 is 0.875 bits per heavy atom. The number of aromatic nitrogens is 2. The van der Waals surface area contributed by atoms with Crippen LogP contribution in [0.15, 0.2) is 38.3 Å². The summed E-state index contributed by atoms with van der Waals surface area (Å²) in [5, 5.41) is 2.81. The first-order valence-electron chi connectivity index (χ1n) is 8.48. The molecular formula is C19H20N2O2S. The van der Waals surface area contributed by atoms with Gasteiger partial charge >= 0.3 is 0 Å². The summed E-state index contributed by atoms with van der Waals surface area (Å²) in [6, 6.07) is 8.07. The average molecular weight is 340 g/mol. The number of rotatable bonds is 6. The lowest BCUT2D eigenvalue weighted by molar-refractivity contribution is 0.491. The maximum Gasteiger partial charge on any atom is 0.256 e. The van der Waals surface area contributed by atoms with Gasteiger partial charge in [-0.15, -0.1) is 0 Å². The topological polar surface area (TPSA) is 52.1 Å². The van der Waals surface area contributed by atoms with E-state index >= 15 is 0 Å². The molecule has 0 aliphatic carbocycles. The van der Waals surface area contributed by atoms with Crippen LogP contribution in [0.4, 0.5) is 0 Å². The summed E-state index contributed by atoms with van der Waals surface area (Å²) in [5.74, 6) is 1.73. The van der Waals surface area contributed by atoms with Gasteiger partial charge in [-0.25, -0.2) is 9.97 Å². The molecule has 0 radical (unpaired) electrons. The van der Waals surface area contributed by atoms with Crippen LogP contribution >= 0.6 is 11.8 Å². The van der Waals surface area contributed by atoms with Crippen molar-refractivity contribution in [3.63, 3.8) is 0 Å². The molecule has 0 unspecified atom stereocenters. The number of thioether (sulfide) groups is 1. The second-order valence-electron chi connectivity index (χ2n) is 6.04. The van der Waals surface area contributed by atoms with Crippen molar-refractivity contribution in [3.8, 4) is 0 Å². The van der Waals surface area contributed by atoms with Gasteiger partial charge in [0.05, 0.1) is 0 Å². The van der Waals surface area contributed by atoms with E-state index in [4.69, 9.17) is 8.83 Å². The normalized spacial score (nSPS) is 11.9. The van der Waals surface area contributed by atoms with E-state index in [2.05, 4.69) is 16.9 Å². The molecule has 2 aromatic heterocycles. The molecule has 4 aromatic rings. The third kappa shape index (κ3) is 2.77. The number of unbranched alkanes of at least 4 members (excludes halogenated alkanes) is 3. The third-order valence-electron chi connectivity index (χ3n) is 4.21. The fourth-order valence-corrected chi connectivity index (χ4v) is 3.84. The second kappa shape index (κ2) is 6.48. The van der Waals surface area contributed by atoms with E-state index in [0.717, 1.165) is 43.9 Å². The molecular weight excluding hydrogens is 320 g/mol. The van der Waals surface area contributed by atoms with Crippen LogP contribution in [0.3, 0.4) is 0 Å². The Morgan fingerprint density at radius 3 is 2.33 bits per heavy atom. The Morgan fingerprint density at radius 2 is 1.58 bits per heavy atom. The van der Waals surface area contributed by atoms with Gasteiger partial charge in [-0.1, -0.05) is 37.9 Å². The highest BCUT2D eigenvalue weighted by Crippen LogP contribution is 2.33. The number of benzene rings is 2.